The maximum Gasteiger partial charge on any atom is 0.326 e. The minimum Gasteiger partial charge on any atom is -0.456 e. The number of nitrogens with one attached hydrogen (secondary N) is 2. The van der Waals surface area contributed by atoms with Crippen LogP contribution >= 0.6 is 0 Å². The Morgan fingerprint density at radius 2 is 1.72 bits per heavy atom. The molecule has 2 unspecified atom stereocenters. The molecule has 1 aliphatic rings. The van der Waals surface area contributed by atoms with Crippen molar-refractivity contribution in [1.82, 2.24) is 15.5 Å². The summed E-state index contributed by atoms with van der Waals surface area (Å²) in [6.45, 7) is 21.0. The van der Waals surface area contributed by atoms with Gasteiger partial charge in [-0.2, -0.15) is 0 Å². The molecular weight excluding hydrogens is 458 g/mol. The minimum atomic E-state index is -0.828. The second-order valence-corrected chi connectivity index (χ2v) is 11.3. The Bertz CT molecular complexity index is 926. The molecule has 0 aromatic heterocycles. The molecule has 0 aromatic rings. The van der Waals surface area contributed by atoms with Crippen molar-refractivity contribution in [3.05, 3.63) is 35.5 Å². The van der Waals surface area contributed by atoms with Gasteiger partial charge in [0.25, 0.3) is 0 Å². The Labute approximate surface area is 216 Å². The average molecular weight is 504 g/mol. The molecule has 3 amide bonds. The number of esters is 1. The van der Waals surface area contributed by atoms with Crippen molar-refractivity contribution < 1.29 is 23.9 Å². The van der Waals surface area contributed by atoms with Crippen LogP contribution in [0.5, 0.6) is 0 Å². The number of hydrogen-bond acceptors (Lipinski definition) is 5. The van der Waals surface area contributed by atoms with Crippen LogP contribution in [0, 0.1) is 17.3 Å². The lowest BCUT2D eigenvalue weighted by atomic mass is 9.88. The van der Waals surface area contributed by atoms with E-state index in [1.807, 2.05) is 40.7 Å². The van der Waals surface area contributed by atoms with Crippen molar-refractivity contribution in [1.29, 1.82) is 0 Å². The van der Waals surface area contributed by atoms with E-state index in [9.17, 15) is 19.2 Å². The molecule has 0 bridgehead atoms. The van der Waals surface area contributed by atoms with Crippen LogP contribution in [0.4, 0.5) is 0 Å². The van der Waals surface area contributed by atoms with E-state index in [1.165, 1.54) is 11.9 Å². The van der Waals surface area contributed by atoms with Crippen LogP contribution in [0.3, 0.4) is 0 Å². The first-order valence-corrected chi connectivity index (χ1v) is 12.5. The van der Waals surface area contributed by atoms with Gasteiger partial charge in [-0.25, -0.2) is 0 Å². The molecule has 8 heteroatoms. The predicted molar refractivity (Wildman–Crippen MR) is 142 cm³/mol. The van der Waals surface area contributed by atoms with Gasteiger partial charge in [-0.1, -0.05) is 71.4 Å². The third-order valence-electron chi connectivity index (χ3n) is 6.13. The number of nitrogens with zero attached hydrogens (tertiary/aromatic N) is 1. The molecule has 4 atom stereocenters. The van der Waals surface area contributed by atoms with Crippen LogP contribution in [0.25, 0.3) is 0 Å². The van der Waals surface area contributed by atoms with Gasteiger partial charge in [-0.3, -0.25) is 19.2 Å². The fourth-order valence-corrected chi connectivity index (χ4v) is 4.51. The van der Waals surface area contributed by atoms with Crippen LogP contribution in [-0.2, 0) is 23.9 Å². The van der Waals surface area contributed by atoms with Gasteiger partial charge in [-0.05, 0) is 37.7 Å². The van der Waals surface area contributed by atoms with Crippen molar-refractivity contribution in [2.24, 2.45) is 17.3 Å². The van der Waals surface area contributed by atoms with Crippen LogP contribution in [0.2, 0.25) is 0 Å². The molecule has 1 rings (SSSR count). The number of likely N-dealkylation sites (N-methyl/N-ethyl adjacent to an activating group) is 1. The van der Waals surface area contributed by atoms with Crippen LogP contribution in [0.15, 0.2) is 35.5 Å². The van der Waals surface area contributed by atoms with E-state index < -0.39 is 36.0 Å². The highest BCUT2D eigenvalue weighted by Gasteiger charge is 2.34. The zero-order valence-corrected chi connectivity index (χ0v) is 23.7. The molecule has 1 saturated heterocycles. The summed E-state index contributed by atoms with van der Waals surface area (Å²) in [4.78, 5) is 52.8. The van der Waals surface area contributed by atoms with Crippen molar-refractivity contribution in [2.75, 3.05) is 13.6 Å². The summed E-state index contributed by atoms with van der Waals surface area (Å²) in [5, 5.41) is 5.33. The number of allylic oxidation sites excluding steroid dienone is 3. The smallest absolute Gasteiger partial charge is 0.326 e. The van der Waals surface area contributed by atoms with Gasteiger partial charge in [0.15, 0.2) is 0 Å². The molecule has 0 saturated carbocycles. The summed E-state index contributed by atoms with van der Waals surface area (Å²) in [7, 11) is 1.52. The maximum atomic E-state index is 12.9. The molecular formula is C28H45N3O5. The molecule has 36 heavy (non-hydrogen) atoms. The number of cyclic esters (lactones) is 1. The van der Waals surface area contributed by atoms with E-state index in [-0.39, 0.29) is 36.1 Å². The molecule has 1 fully saturated rings. The molecule has 0 aliphatic carbocycles. The Hall–Kier alpha value is -2.90. The third-order valence-corrected chi connectivity index (χ3v) is 6.13. The fraction of sp³-hybridized carbons (Fsp3) is 0.643. The van der Waals surface area contributed by atoms with E-state index in [4.69, 9.17) is 4.74 Å². The topological polar surface area (TPSA) is 105 Å². The second-order valence-electron chi connectivity index (χ2n) is 11.3. The van der Waals surface area contributed by atoms with Gasteiger partial charge in [0.05, 0.1) is 0 Å². The Morgan fingerprint density at radius 1 is 1.14 bits per heavy atom. The lowest BCUT2D eigenvalue weighted by molar-refractivity contribution is -0.149. The number of hydrogen-bond donors (Lipinski definition) is 2. The highest BCUT2D eigenvalue weighted by molar-refractivity contribution is 5.93. The van der Waals surface area contributed by atoms with E-state index >= 15 is 0 Å². The van der Waals surface area contributed by atoms with Gasteiger partial charge >= 0.3 is 5.97 Å². The summed E-state index contributed by atoms with van der Waals surface area (Å²) in [6.07, 6.45) is 3.39. The number of ether oxygens (including phenoxy) is 1. The molecule has 1 aliphatic heterocycles. The van der Waals surface area contributed by atoms with E-state index in [0.29, 0.717) is 5.57 Å². The van der Waals surface area contributed by atoms with Crippen molar-refractivity contribution in [3.63, 3.8) is 0 Å². The van der Waals surface area contributed by atoms with Gasteiger partial charge in [0, 0.05) is 19.4 Å². The Kier molecular flexibility index (Phi) is 11.1. The van der Waals surface area contributed by atoms with Gasteiger partial charge in [-0.15, -0.1) is 0 Å². The molecule has 0 aromatic carbocycles. The predicted octanol–water partition coefficient (Wildman–Crippen LogP) is 3.54. The summed E-state index contributed by atoms with van der Waals surface area (Å²) in [5.41, 5.74) is 2.37. The van der Waals surface area contributed by atoms with Crippen molar-refractivity contribution in [3.8, 4) is 0 Å². The largest absolute Gasteiger partial charge is 0.456 e. The Morgan fingerprint density at radius 3 is 2.25 bits per heavy atom. The molecule has 0 radical (unpaired) electrons. The molecule has 2 N–H and O–H groups in total. The maximum absolute atomic E-state index is 12.9. The quantitative estimate of drug-likeness (QED) is 0.348. The third kappa shape index (κ3) is 9.28. The monoisotopic (exact) mass is 503 g/mol. The van der Waals surface area contributed by atoms with Crippen LogP contribution in [-0.4, -0.2) is 60.4 Å². The summed E-state index contributed by atoms with van der Waals surface area (Å²) in [6, 6.07) is -1.64. The normalized spacial score (nSPS) is 26.8. The van der Waals surface area contributed by atoms with Gasteiger partial charge in [0.2, 0.25) is 17.7 Å². The minimum absolute atomic E-state index is 0.0224. The first-order chi connectivity index (χ1) is 16.4. The molecule has 0 spiro atoms. The number of amides is 3. The number of carbonyl (C=O) groups excluding carboxylic acids is 4. The van der Waals surface area contributed by atoms with E-state index in [0.717, 1.165) is 11.1 Å². The van der Waals surface area contributed by atoms with Crippen molar-refractivity contribution >= 4 is 23.7 Å². The first-order valence-electron chi connectivity index (χ1n) is 12.5. The SMILES string of the molecule is C=C1CC(=O)N[C@@H](C)C(=O)N(C)C(C(C)C)C(=O)NCC(=O)OC(/C(C)=C/C(C)=C/C(C)(C)C)[C@@H]1C. The van der Waals surface area contributed by atoms with E-state index in [1.54, 1.807) is 6.92 Å². The second kappa shape index (κ2) is 12.9. The van der Waals surface area contributed by atoms with Gasteiger partial charge in [0.1, 0.15) is 24.7 Å². The van der Waals surface area contributed by atoms with Crippen molar-refractivity contribution in [2.45, 2.75) is 86.9 Å². The average Bonchev–Trinajstić information content (AvgIpc) is 2.72. The Balaban J connectivity index is 3.40. The molecule has 202 valence electrons. The molecule has 8 nitrogen and oxygen atoms in total. The highest BCUT2D eigenvalue weighted by Crippen LogP contribution is 2.27. The lowest BCUT2D eigenvalue weighted by Gasteiger charge is -2.32. The summed E-state index contributed by atoms with van der Waals surface area (Å²) in [5.74, 6) is -2.43. The first kappa shape index (κ1) is 31.1. The van der Waals surface area contributed by atoms with E-state index in [2.05, 4.69) is 44.1 Å². The zero-order valence-electron chi connectivity index (χ0n) is 23.7. The molecule has 1 heterocycles. The zero-order chi connectivity index (χ0) is 28.0. The fourth-order valence-electron chi connectivity index (χ4n) is 4.51. The van der Waals surface area contributed by atoms with Crippen LogP contribution in [0.1, 0.15) is 68.7 Å². The number of rotatable bonds is 3. The highest BCUT2D eigenvalue weighted by atomic mass is 16.5. The standard InChI is InChI=1S/C28H45N3O5/c1-16(2)24-26(34)29-15-23(33)36-25(19(5)12-17(3)14-28(8,9)10)20(6)18(4)13-22(32)30-21(7)27(35)31(24)11/h12,14,16,20-21,24-25H,4,13,15H2,1-3,5-11H3,(H,29,34)(H,30,32)/b17-14+,19-12+/t20-,21+,24?,25?/m1/s1. The number of carbonyl (C=O) groups is 4. The lowest BCUT2D eigenvalue weighted by Crippen LogP contribution is -2.55. The summed E-state index contributed by atoms with van der Waals surface area (Å²) >= 11 is 0. The van der Waals surface area contributed by atoms with Gasteiger partial charge < -0.3 is 20.3 Å². The summed E-state index contributed by atoms with van der Waals surface area (Å²) < 4.78 is 5.83. The van der Waals surface area contributed by atoms with Crippen LogP contribution < -0.4 is 10.6 Å².